The van der Waals surface area contributed by atoms with Crippen LogP contribution in [0.5, 0.6) is 0 Å². The highest BCUT2D eigenvalue weighted by Gasteiger charge is 2.21. The Labute approximate surface area is 74.0 Å². The Hall–Kier alpha value is -0.110. The molecule has 1 nitrogen and oxygen atoms in total. The van der Waals surface area contributed by atoms with E-state index in [4.69, 9.17) is 5.11 Å². The number of aliphatic hydroxyl groups is 1. The normalized spacial score (nSPS) is 23.5. The minimum absolute atomic E-state index is 0.0289. The molecule has 0 amide bonds. The van der Waals surface area contributed by atoms with Crippen LogP contribution in [0.25, 0.3) is 0 Å². The van der Waals surface area contributed by atoms with Crippen LogP contribution in [0.15, 0.2) is 0 Å². The fourth-order valence-electron chi connectivity index (χ4n) is 2.11. The zero-order chi connectivity index (χ0) is 8.81. The standard InChI is InChI=1S/C10H19FO/c11-7-10(8-12)9-5-3-1-2-4-6-9/h9-10,12H,1-8H2. The molecule has 1 N–H and O–H groups in total. The first-order valence-electron chi connectivity index (χ1n) is 5.05. The van der Waals surface area contributed by atoms with Crippen LogP contribution in [0.4, 0.5) is 4.39 Å². The van der Waals surface area contributed by atoms with Crippen molar-refractivity contribution in [2.75, 3.05) is 13.3 Å². The van der Waals surface area contributed by atoms with Gasteiger partial charge in [0, 0.05) is 12.5 Å². The Morgan fingerprint density at radius 3 is 2.17 bits per heavy atom. The van der Waals surface area contributed by atoms with Crippen molar-refractivity contribution in [3.63, 3.8) is 0 Å². The van der Waals surface area contributed by atoms with Crippen LogP contribution in [-0.2, 0) is 0 Å². The summed E-state index contributed by atoms with van der Waals surface area (Å²) in [6.07, 6.45) is 7.27. The number of hydrogen-bond donors (Lipinski definition) is 1. The van der Waals surface area contributed by atoms with Gasteiger partial charge in [-0.3, -0.25) is 4.39 Å². The number of rotatable bonds is 3. The summed E-state index contributed by atoms with van der Waals surface area (Å²) in [4.78, 5) is 0. The third-order valence-electron chi connectivity index (χ3n) is 3.00. The summed E-state index contributed by atoms with van der Waals surface area (Å²) in [6.45, 7) is -0.317. The summed E-state index contributed by atoms with van der Waals surface area (Å²) < 4.78 is 12.4. The largest absolute Gasteiger partial charge is 0.396 e. The van der Waals surface area contributed by atoms with Gasteiger partial charge >= 0.3 is 0 Å². The number of halogens is 1. The molecule has 1 aliphatic rings. The maximum absolute atomic E-state index is 12.4. The lowest BCUT2D eigenvalue weighted by Crippen LogP contribution is -2.20. The number of hydrogen-bond acceptors (Lipinski definition) is 1. The monoisotopic (exact) mass is 174 g/mol. The highest BCUT2D eigenvalue weighted by molar-refractivity contribution is 4.71. The van der Waals surface area contributed by atoms with Crippen LogP contribution in [-0.4, -0.2) is 18.4 Å². The molecule has 0 saturated heterocycles. The first-order valence-corrected chi connectivity index (χ1v) is 5.05. The van der Waals surface area contributed by atoms with Gasteiger partial charge in [-0.05, 0) is 5.92 Å². The average molecular weight is 174 g/mol. The molecule has 1 saturated carbocycles. The van der Waals surface area contributed by atoms with Crippen LogP contribution in [0.1, 0.15) is 38.5 Å². The summed E-state index contributed by atoms with van der Waals surface area (Å²) in [5.74, 6) is 0.366. The average Bonchev–Trinajstić information content (AvgIpc) is 2.35. The molecule has 0 aromatic rings. The maximum atomic E-state index is 12.4. The Kier molecular flexibility index (Phi) is 4.59. The third-order valence-corrected chi connectivity index (χ3v) is 3.00. The van der Waals surface area contributed by atoms with E-state index in [1.807, 2.05) is 0 Å². The van der Waals surface area contributed by atoms with Crippen LogP contribution >= 0.6 is 0 Å². The molecule has 0 aliphatic heterocycles. The van der Waals surface area contributed by atoms with Gasteiger partial charge < -0.3 is 5.11 Å². The lowest BCUT2D eigenvalue weighted by atomic mass is 9.87. The minimum Gasteiger partial charge on any atom is -0.396 e. The predicted octanol–water partition coefficient (Wildman–Crippen LogP) is 2.53. The van der Waals surface area contributed by atoms with E-state index in [2.05, 4.69) is 0 Å². The van der Waals surface area contributed by atoms with Gasteiger partial charge in [-0.15, -0.1) is 0 Å². The van der Waals surface area contributed by atoms with Gasteiger partial charge in [0.1, 0.15) is 0 Å². The molecular weight excluding hydrogens is 155 g/mol. The molecule has 0 radical (unpaired) electrons. The highest BCUT2D eigenvalue weighted by atomic mass is 19.1. The second-order valence-electron chi connectivity index (χ2n) is 3.85. The van der Waals surface area contributed by atoms with Crippen molar-refractivity contribution in [2.24, 2.45) is 11.8 Å². The van der Waals surface area contributed by atoms with Crippen molar-refractivity contribution in [2.45, 2.75) is 38.5 Å². The van der Waals surface area contributed by atoms with Crippen LogP contribution < -0.4 is 0 Å². The Balaban J connectivity index is 2.35. The van der Waals surface area contributed by atoms with E-state index in [0.717, 1.165) is 12.8 Å². The Bertz CT molecular complexity index is 104. The molecule has 1 aliphatic carbocycles. The molecule has 12 heavy (non-hydrogen) atoms. The lowest BCUT2D eigenvalue weighted by Gasteiger charge is -2.21. The van der Waals surface area contributed by atoms with Gasteiger partial charge in [0.15, 0.2) is 0 Å². The third kappa shape index (κ3) is 2.74. The van der Waals surface area contributed by atoms with Gasteiger partial charge in [0.2, 0.25) is 0 Å². The van der Waals surface area contributed by atoms with Crippen molar-refractivity contribution in [3.8, 4) is 0 Å². The van der Waals surface area contributed by atoms with Crippen molar-refractivity contribution in [1.82, 2.24) is 0 Å². The van der Waals surface area contributed by atoms with E-state index in [1.54, 1.807) is 0 Å². The Morgan fingerprint density at radius 1 is 1.17 bits per heavy atom. The molecule has 0 aromatic heterocycles. The van der Waals surface area contributed by atoms with Crippen molar-refractivity contribution in [1.29, 1.82) is 0 Å². The first kappa shape index (κ1) is 9.97. The second-order valence-corrected chi connectivity index (χ2v) is 3.85. The summed E-state index contributed by atoms with van der Waals surface area (Å²) >= 11 is 0. The molecule has 0 aromatic carbocycles. The molecule has 0 heterocycles. The van der Waals surface area contributed by atoms with Crippen LogP contribution in [0, 0.1) is 11.8 Å². The fraction of sp³-hybridized carbons (Fsp3) is 1.00. The molecule has 0 spiro atoms. The second kappa shape index (κ2) is 5.52. The van der Waals surface area contributed by atoms with E-state index >= 15 is 0 Å². The zero-order valence-corrected chi connectivity index (χ0v) is 7.64. The van der Waals surface area contributed by atoms with E-state index in [0.29, 0.717) is 5.92 Å². The fourth-order valence-corrected chi connectivity index (χ4v) is 2.11. The SMILES string of the molecule is OCC(CF)C1CCCCCC1. The molecule has 1 fully saturated rings. The van der Waals surface area contributed by atoms with E-state index in [1.165, 1.54) is 25.7 Å². The maximum Gasteiger partial charge on any atom is 0.0947 e. The molecule has 1 rings (SSSR count). The quantitative estimate of drug-likeness (QED) is 0.652. The minimum atomic E-state index is -0.346. The molecule has 2 heteroatoms. The summed E-state index contributed by atoms with van der Waals surface area (Å²) in [6, 6.07) is 0. The van der Waals surface area contributed by atoms with Crippen molar-refractivity contribution >= 4 is 0 Å². The first-order chi connectivity index (χ1) is 5.88. The van der Waals surface area contributed by atoms with Gasteiger partial charge in [-0.2, -0.15) is 0 Å². The lowest BCUT2D eigenvalue weighted by molar-refractivity contribution is 0.137. The molecule has 1 unspecified atom stereocenters. The van der Waals surface area contributed by atoms with E-state index < -0.39 is 0 Å². The van der Waals surface area contributed by atoms with E-state index in [-0.39, 0.29) is 19.2 Å². The van der Waals surface area contributed by atoms with Gasteiger partial charge in [0.25, 0.3) is 0 Å². The Morgan fingerprint density at radius 2 is 1.75 bits per heavy atom. The number of alkyl halides is 1. The van der Waals surface area contributed by atoms with Gasteiger partial charge in [0.05, 0.1) is 6.67 Å². The zero-order valence-electron chi connectivity index (χ0n) is 7.64. The predicted molar refractivity (Wildman–Crippen MR) is 47.7 cm³/mol. The van der Waals surface area contributed by atoms with Gasteiger partial charge in [-0.1, -0.05) is 38.5 Å². The van der Waals surface area contributed by atoms with Crippen LogP contribution in [0.3, 0.4) is 0 Å². The molecule has 72 valence electrons. The summed E-state index contributed by atoms with van der Waals surface area (Å²) in [7, 11) is 0. The molecule has 0 bridgehead atoms. The van der Waals surface area contributed by atoms with E-state index in [9.17, 15) is 4.39 Å². The summed E-state index contributed by atoms with van der Waals surface area (Å²) in [5, 5.41) is 8.93. The number of aliphatic hydroxyl groups excluding tert-OH is 1. The smallest absolute Gasteiger partial charge is 0.0947 e. The van der Waals surface area contributed by atoms with Crippen LogP contribution in [0.2, 0.25) is 0 Å². The molecule has 1 atom stereocenters. The highest BCUT2D eigenvalue weighted by Crippen LogP contribution is 2.28. The topological polar surface area (TPSA) is 20.2 Å². The van der Waals surface area contributed by atoms with Gasteiger partial charge in [-0.25, -0.2) is 0 Å². The van der Waals surface area contributed by atoms with Crippen molar-refractivity contribution in [3.05, 3.63) is 0 Å². The van der Waals surface area contributed by atoms with Crippen molar-refractivity contribution < 1.29 is 9.50 Å². The molecular formula is C10H19FO. The summed E-state index contributed by atoms with van der Waals surface area (Å²) in [5.41, 5.74) is 0.